The molecule has 14 heavy (non-hydrogen) atoms. The number of aliphatic hydroxyl groups excluding tert-OH is 1. The lowest BCUT2D eigenvalue weighted by Gasteiger charge is -2.12. The molecule has 0 saturated heterocycles. The van der Waals surface area contributed by atoms with E-state index in [1.54, 1.807) is 17.1 Å². The molecular weight excluding hydrogens is 178 g/mol. The maximum absolute atomic E-state index is 8.96. The van der Waals surface area contributed by atoms with Crippen LogP contribution in [0.25, 0.3) is 6.20 Å². The van der Waals surface area contributed by atoms with Crippen molar-refractivity contribution in [1.82, 2.24) is 15.1 Å². The smallest absolute Gasteiger partial charge is 0.0584 e. The van der Waals surface area contributed by atoms with Gasteiger partial charge in [0.2, 0.25) is 0 Å². The van der Waals surface area contributed by atoms with E-state index in [1.165, 1.54) is 0 Å². The first-order valence-electron chi connectivity index (χ1n) is 4.80. The Morgan fingerprint density at radius 1 is 1.79 bits per heavy atom. The zero-order valence-electron chi connectivity index (χ0n) is 8.48. The van der Waals surface area contributed by atoms with E-state index in [0.29, 0.717) is 0 Å². The van der Waals surface area contributed by atoms with Gasteiger partial charge in [0.25, 0.3) is 0 Å². The fraction of sp³-hybridized carbons (Fsp3) is 0.500. The highest BCUT2D eigenvalue weighted by atomic mass is 16.3. The van der Waals surface area contributed by atoms with Gasteiger partial charge in [0.1, 0.15) is 0 Å². The normalized spacial score (nSPS) is 12.7. The van der Waals surface area contributed by atoms with Gasteiger partial charge in [-0.1, -0.05) is 13.5 Å². The molecule has 0 aliphatic rings. The van der Waals surface area contributed by atoms with Crippen molar-refractivity contribution >= 4 is 6.20 Å². The monoisotopic (exact) mass is 195 g/mol. The van der Waals surface area contributed by atoms with Crippen LogP contribution in [0, 0.1) is 0 Å². The molecule has 0 radical (unpaired) electrons. The van der Waals surface area contributed by atoms with Crippen LogP contribution in [-0.4, -0.2) is 27.5 Å². The van der Waals surface area contributed by atoms with Crippen LogP contribution in [0.4, 0.5) is 0 Å². The van der Waals surface area contributed by atoms with Gasteiger partial charge in [-0.2, -0.15) is 5.10 Å². The molecule has 1 rings (SSSR count). The second-order valence-electron chi connectivity index (χ2n) is 3.18. The van der Waals surface area contributed by atoms with Crippen molar-refractivity contribution in [3.63, 3.8) is 0 Å². The van der Waals surface area contributed by atoms with Gasteiger partial charge in [0.15, 0.2) is 0 Å². The molecule has 0 aliphatic carbocycles. The van der Waals surface area contributed by atoms with Gasteiger partial charge in [-0.3, -0.25) is 0 Å². The third-order valence-corrected chi connectivity index (χ3v) is 2.15. The van der Waals surface area contributed by atoms with Crippen molar-refractivity contribution in [1.29, 1.82) is 0 Å². The maximum Gasteiger partial charge on any atom is 0.0584 e. The molecule has 1 aromatic rings. The molecule has 0 fully saturated rings. The van der Waals surface area contributed by atoms with E-state index < -0.39 is 0 Å². The van der Waals surface area contributed by atoms with Crippen molar-refractivity contribution in [3.8, 4) is 0 Å². The summed E-state index contributed by atoms with van der Waals surface area (Å²) in [6, 6.07) is 0.169. The summed E-state index contributed by atoms with van der Waals surface area (Å²) in [5.74, 6) is 0. The highest BCUT2D eigenvalue weighted by Gasteiger charge is 2.03. The Hall–Kier alpha value is -1.13. The molecule has 0 spiro atoms. The summed E-state index contributed by atoms with van der Waals surface area (Å²) in [7, 11) is 0. The summed E-state index contributed by atoms with van der Waals surface area (Å²) < 4.78 is 1.66. The molecule has 0 aliphatic heterocycles. The molecule has 78 valence electrons. The zero-order valence-corrected chi connectivity index (χ0v) is 8.48. The second-order valence-corrected chi connectivity index (χ2v) is 3.18. The Balaban J connectivity index is 2.40. The van der Waals surface area contributed by atoms with Gasteiger partial charge in [-0.15, -0.1) is 0 Å². The minimum Gasteiger partial charge on any atom is -0.395 e. The van der Waals surface area contributed by atoms with Crippen LogP contribution in [-0.2, 0) is 6.54 Å². The number of aromatic nitrogens is 2. The van der Waals surface area contributed by atoms with E-state index in [2.05, 4.69) is 17.0 Å². The summed E-state index contributed by atoms with van der Waals surface area (Å²) in [6.07, 6.45) is 6.27. The fourth-order valence-electron chi connectivity index (χ4n) is 1.17. The molecule has 4 heteroatoms. The van der Waals surface area contributed by atoms with E-state index in [4.69, 9.17) is 5.11 Å². The minimum atomic E-state index is 0.169. The average molecular weight is 195 g/mol. The second kappa shape index (κ2) is 5.57. The van der Waals surface area contributed by atoms with Crippen molar-refractivity contribution < 1.29 is 5.11 Å². The number of aliphatic hydroxyl groups is 1. The summed E-state index contributed by atoms with van der Waals surface area (Å²) in [5, 5.41) is 16.3. The van der Waals surface area contributed by atoms with E-state index in [1.807, 2.05) is 13.1 Å². The molecule has 1 heterocycles. The largest absolute Gasteiger partial charge is 0.395 e. The molecule has 0 bridgehead atoms. The van der Waals surface area contributed by atoms with Crippen LogP contribution >= 0.6 is 0 Å². The number of nitrogens with one attached hydrogen (secondary N) is 1. The van der Waals surface area contributed by atoms with E-state index in [0.717, 1.165) is 18.5 Å². The first kappa shape index (κ1) is 10.9. The third-order valence-electron chi connectivity index (χ3n) is 2.15. The lowest BCUT2D eigenvalue weighted by Crippen LogP contribution is -2.30. The predicted molar refractivity (Wildman–Crippen MR) is 56.6 cm³/mol. The Morgan fingerprint density at radius 2 is 2.57 bits per heavy atom. The summed E-state index contributed by atoms with van der Waals surface area (Å²) >= 11 is 0. The van der Waals surface area contributed by atoms with Crippen molar-refractivity contribution in [3.05, 3.63) is 24.5 Å². The topological polar surface area (TPSA) is 50.1 Å². The highest BCUT2D eigenvalue weighted by Crippen LogP contribution is 1.99. The molecule has 2 N–H and O–H groups in total. The van der Waals surface area contributed by atoms with Gasteiger partial charge in [0, 0.05) is 30.5 Å². The van der Waals surface area contributed by atoms with Gasteiger partial charge in [-0.25, -0.2) is 4.68 Å². The standard InChI is InChI=1S/C10H17N3O/c1-3-10(8-14)11-5-9-6-12-13(4-2)7-9/h4,6-7,10-11,14H,2-3,5,8H2,1H3/t10-/m0/s1. The van der Waals surface area contributed by atoms with E-state index >= 15 is 0 Å². The molecule has 0 saturated carbocycles. The number of nitrogens with zero attached hydrogens (tertiary/aromatic N) is 2. The summed E-state index contributed by atoms with van der Waals surface area (Å²) in [5.41, 5.74) is 1.09. The molecule has 0 amide bonds. The van der Waals surface area contributed by atoms with Crippen LogP contribution in [0.3, 0.4) is 0 Å². The summed E-state index contributed by atoms with van der Waals surface area (Å²) in [6.45, 7) is 6.56. The van der Waals surface area contributed by atoms with Gasteiger partial charge in [0.05, 0.1) is 12.8 Å². The van der Waals surface area contributed by atoms with Crippen LogP contribution < -0.4 is 5.32 Å². The molecule has 4 nitrogen and oxygen atoms in total. The van der Waals surface area contributed by atoms with Crippen molar-refractivity contribution in [2.75, 3.05) is 6.61 Å². The van der Waals surface area contributed by atoms with Gasteiger partial charge < -0.3 is 10.4 Å². The first-order chi connectivity index (χ1) is 6.80. The summed E-state index contributed by atoms with van der Waals surface area (Å²) in [4.78, 5) is 0. The molecule has 0 unspecified atom stereocenters. The zero-order chi connectivity index (χ0) is 10.4. The quantitative estimate of drug-likeness (QED) is 0.707. The molecule has 0 aromatic carbocycles. The van der Waals surface area contributed by atoms with E-state index in [-0.39, 0.29) is 12.6 Å². The van der Waals surface area contributed by atoms with Crippen molar-refractivity contribution in [2.24, 2.45) is 0 Å². The molecule has 1 aromatic heterocycles. The SMILES string of the molecule is C=Cn1cc(CN[C@@H](CC)CO)cn1. The number of hydrogen-bond donors (Lipinski definition) is 2. The first-order valence-corrected chi connectivity index (χ1v) is 4.80. The van der Waals surface area contributed by atoms with Crippen LogP contribution in [0.2, 0.25) is 0 Å². The van der Waals surface area contributed by atoms with Crippen LogP contribution in [0.15, 0.2) is 19.0 Å². The fourth-order valence-corrected chi connectivity index (χ4v) is 1.17. The number of hydrogen-bond acceptors (Lipinski definition) is 3. The molecular formula is C10H17N3O. The number of rotatable bonds is 6. The highest BCUT2D eigenvalue weighted by molar-refractivity contribution is 5.17. The lowest BCUT2D eigenvalue weighted by atomic mass is 10.2. The maximum atomic E-state index is 8.96. The minimum absolute atomic E-state index is 0.169. The van der Waals surface area contributed by atoms with E-state index in [9.17, 15) is 0 Å². The Labute approximate surface area is 84.2 Å². The average Bonchev–Trinajstić information content (AvgIpc) is 2.67. The Morgan fingerprint density at radius 3 is 3.07 bits per heavy atom. The third kappa shape index (κ3) is 2.97. The van der Waals surface area contributed by atoms with Crippen molar-refractivity contribution in [2.45, 2.75) is 25.9 Å². The van der Waals surface area contributed by atoms with Gasteiger partial charge >= 0.3 is 0 Å². The Kier molecular flexibility index (Phi) is 4.35. The van der Waals surface area contributed by atoms with Gasteiger partial charge in [-0.05, 0) is 6.42 Å². The lowest BCUT2D eigenvalue weighted by molar-refractivity contribution is 0.238. The van der Waals surface area contributed by atoms with Crippen LogP contribution in [0.5, 0.6) is 0 Å². The van der Waals surface area contributed by atoms with Crippen LogP contribution in [0.1, 0.15) is 18.9 Å². The predicted octanol–water partition coefficient (Wildman–Crippen LogP) is 0.844. The molecule has 1 atom stereocenters. The Bertz CT molecular complexity index is 279.